The topological polar surface area (TPSA) is 58.8 Å². The number of halogens is 2. The summed E-state index contributed by atoms with van der Waals surface area (Å²) in [4.78, 5) is 16.2. The maximum atomic E-state index is 12.0. The molecule has 1 aliphatic rings. The van der Waals surface area contributed by atoms with Crippen molar-refractivity contribution in [3.63, 3.8) is 0 Å². The summed E-state index contributed by atoms with van der Waals surface area (Å²) in [5.41, 5.74) is 5.54. The number of ether oxygens (including phenoxy) is 1. The predicted octanol–water partition coefficient (Wildman–Crippen LogP) is 1.53. The van der Waals surface area contributed by atoms with E-state index in [9.17, 15) is 4.79 Å². The Balaban J connectivity index is 0. The highest BCUT2D eigenvalue weighted by Gasteiger charge is 2.21. The Morgan fingerprint density at radius 3 is 2.62 bits per heavy atom. The molecule has 1 rings (SSSR count). The lowest BCUT2D eigenvalue weighted by atomic mass is 10.00. The monoisotopic (exact) mass is 343 g/mol. The summed E-state index contributed by atoms with van der Waals surface area (Å²) in [6, 6.07) is 0.622. The van der Waals surface area contributed by atoms with Gasteiger partial charge in [0.25, 0.3) is 0 Å². The van der Waals surface area contributed by atoms with Crippen LogP contribution >= 0.6 is 24.8 Å². The van der Waals surface area contributed by atoms with Crippen molar-refractivity contribution < 1.29 is 9.53 Å². The van der Waals surface area contributed by atoms with Crippen molar-refractivity contribution in [2.24, 2.45) is 5.73 Å². The zero-order chi connectivity index (χ0) is 14.3. The molecule has 1 amide bonds. The number of likely N-dealkylation sites (tertiary alicyclic amines) is 1. The fraction of sp³-hybridized carbons (Fsp3) is 0.929. The fourth-order valence-corrected chi connectivity index (χ4v) is 2.59. The van der Waals surface area contributed by atoms with E-state index in [2.05, 4.69) is 11.9 Å². The first kappa shape index (κ1) is 23.2. The zero-order valence-corrected chi connectivity index (χ0v) is 15.0. The average Bonchev–Trinajstić information content (AvgIpc) is 2.43. The maximum absolute atomic E-state index is 12.0. The van der Waals surface area contributed by atoms with Gasteiger partial charge in [0.15, 0.2) is 0 Å². The molecule has 7 heteroatoms. The van der Waals surface area contributed by atoms with E-state index in [-0.39, 0.29) is 36.8 Å². The molecule has 5 nitrogen and oxygen atoms in total. The van der Waals surface area contributed by atoms with E-state index in [1.54, 1.807) is 7.11 Å². The van der Waals surface area contributed by atoms with Crippen LogP contribution in [0.1, 0.15) is 32.1 Å². The lowest BCUT2D eigenvalue weighted by molar-refractivity contribution is -0.132. The molecule has 0 aliphatic carbocycles. The summed E-state index contributed by atoms with van der Waals surface area (Å²) in [7, 11) is 5.65. The highest BCUT2D eigenvalue weighted by molar-refractivity contribution is 5.85. The Morgan fingerprint density at radius 2 is 2.10 bits per heavy atom. The lowest BCUT2D eigenvalue weighted by Crippen LogP contribution is -2.40. The molecule has 0 aromatic rings. The molecule has 1 aliphatic heterocycles. The van der Waals surface area contributed by atoms with Crippen LogP contribution in [-0.2, 0) is 9.53 Å². The number of carbonyl (C=O) groups excluding carboxylic acids is 1. The quantitative estimate of drug-likeness (QED) is 0.761. The van der Waals surface area contributed by atoms with Gasteiger partial charge in [-0.15, -0.1) is 24.8 Å². The molecule has 2 unspecified atom stereocenters. The second-order valence-corrected chi connectivity index (χ2v) is 5.53. The summed E-state index contributed by atoms with van der Waals surface area (Å²) in [5, 5.41) is 0. The third-order valence-electron chi connectivity index (χ3n) is 4.14. The first-order chi connectivity index (χ1) is 9.08. The summed E-state index contributed by atoms with van der Waals surface area (Å²) in [6.07, 6.45) is 5.14. The van der Waals surface area contributed by atoms with Crippen molar-refractivity contribution in [1.82, 2.24) is 9.80 Å². The van der Waals surface area contributed by atoms with Gasteiger partial charge in [0.05, 0.1) is 12.5 Å². The Bertz CT molecular complexity index is 279. The van der Waals surface area contributed by atoms with E-state index >= 15 is 0 Å². The molecule has 21 heavy (non-hydrogen) atoms. The van der Waals surface area contributed by atoms with Gasteiger partial charge in [-0.3, -0.25) is 4.79 Å². The Labute approximate surface area is 141 Å². The van der Waals surface area contributed by atoms with E-state index in [0.717, 1.165) is 13.0 Å². The number of carbonyl (C=O) groups is 1. The molecule has 1 fully saturated rings. The van der Waals surface area contributed by atoms with Crippen molar-refractivity contribution in [1.29, 1.82) is 0 Å². The molecule has 0 saturated carbocycles. The van der Waals surface area contributed by atoms with Crippen LogP contribution in [0.15, 0.2) is 0 Å². The van der Waals surface area contributed by atoms with Crippen molar-refractivity contribution in [2.45, 2.75) is 44.2 Å². The summed E-state index contributed by atoms with van der Waals surface area (Å²) in [6.45, 7) is 2.39. The predicted molar refractivity (Wildman–Crippen MR) is 91.5 cm³/mol. The van der Waals surface area contributed by atoms with Gasteiger partial charge >= 0.3 is 0 Å². The summed E-state index contributed by atoms with van der Waals surface area (Å²) >= 11 is 0. The molecule has 0 bridgehead atoms. The van der Waals surface area contributed by atoms with Gasteiger partial charge in [-0.05, 0) is 32.9 Å². The van der Waals surface area contributed by atoms with Crippen molar-refractivity contribution in [3.05, 3.63) is 0 Å². The number of methoxy groups -OCH3 is 1. The molecule has 2 N–H and O–H groups in total. The standard InChI is InChI=1S/C14H29N3O2.2ClH/c1-16-8-5-4-6-12(16)7-9-17(2)14(18)10-13(11-15)19-3;;/h12-13H,4-11,15H2,1-3H3;2*1H. The third-order valence-corrected chi connectivity index (χ3v) is 4.14. The summed E-state index contributed by atoms with van der Waals surface area (Å²) < 4.78 is 5.15. The van der Waals surface area contributed by atoms with E-state index in [4.69, 9.17) is 10.5 Å². The number of rotatable bonds is 7. The second kappa shape index (κ2) is 12.5. The SMILES string of the molecule is COC(CN)CC(=O)N(C)CCC1CCCCN1C.Cl.Cl. The van der Waals surface area contributed by atoms with Crippen LogP contribution in [0.25, 0.3) is 0 Å². The molecule has 128 valence electrons. The van der Waals surface area contributed by atoms with Gasteiger partial charge in [0.2, 0.25) is 5.91 Å². The fourth-order valence-electron chi connectivity index (χ4n) is 2.59. The Hall–Kier alpha value is -0.0700. The van der Waals surface area contributed by atoms with Gasteiger partial charge in [0, 0.05) is 33.3 Å². The van der Waals surface area contributed by atoms with Crippen LogP contribution in [0, 0.1) is 0 Å². The minimum atomic E-state index is -0.160. The van der Waals surface area contributed by atoms with Gasteiger partial charge in [-0.2, -0.15) is 0 Å². The van der Waals surface area contributed by atoms with Crippen molar-refractivity contribution in [2.75, 3.05) is 40.8 Å². The molecule has 1 heterocycles. The Kier molecular flexibility index (Phi) is 13.8. The summed E-state index contributed by atoms with van der Waals surface area (Å²) in [5.74, 6) is 0.121. The zero-order valence-electron chi connectivity index (χ0n) is 13.4. The molecular formula is C14H31Cl2N3O2. The highest BCUT2D eigenvalue weighted by Crippen LogP contribution is 2.18. The molecule has 1 saturated heterocycles. The molecule has 0 aromatic heterocycles. The number of nitrogens with zero attached hydrogens (tertiary/aromatic N) is 2. The van der Waals surface area contributed by atoms with Crippen molar-refractivity contribution >= 4 is 30.7 Å². The number of piperidine rings is 1. The molecule has 0 aromatic carbocycles. The van der Waals surface area contributed by atoms with Crippen LogP contribution in [0.5, 0.6) is 0 Å². The van der Waals surface area contributed by atoms with Gasteiger partial charge in [0.1, 0.15) is 0 Å². The van der Waals surface area contributed by atoms with Crippen LogP contribution in [-0.4, -0.2) is 68.7 Å². The van der Waals surface area contributed by atoms with Crippen LogP contribution in [0.3, 0.4) is 0 Å². The van der Waals surface area contributed by atoms with Crippen LogP contribution < -0.4 is 5.73 Å². The molecule has 0 spiro atoms. The minimum absolute atomic E-state index is 0. The lowest BCUT2D eigenvalue weighted by Gasteiger charge is -2.33. The second-order valence-electron chi connectivity index (χ2n) is 5.53. The normalized spacial score (nSPS) is 20.1. The van der Waals surface area contributed by atoms with E-state index in [1.807, 2.05) is 11.9 Å². The molecule has 0 radical (unpaired) electrons. The number of hydrogen-bond acceptors (Lipinski definition) is 4. The van der Waals surface area contributed by atoms with Gasteiger partial charge in [-0.25, -0.2) is 0 Å². The van der Waals surface area contributed by atoms with E-state index in [0.29, 0.717) is 19.0 Å². The smallest absolute Gasteiger partial charge is 0.224 e. The number of nitrogens with two attached hydrogens (primary N) is 1. The first-order valence-corrected chi connectivity index (χ1v) is 7.25. The largest absolute Gasteiger partial charge is 0.380 e. The molecular weight excluding hydrogens is 313 g/mol. The minimum Gasteiger partial charge on any atom is -0.380 e. The van der Waals surface area contributed by atoms with Crippen molar-refractivity contribution in [3.8, 4) is 0 Å². The molecule has 2 atom stereocenters. The van der Waals surface area contributed by atoms with Crippen LogP contribution in [0.2, 0.25) is 0 Å². The highest BCUT2D eigenvalue weighted by atomic mass is 35.5. The third kappa shape index (κ3) is 8.21. The Morgan fingerprint density at radius 1 is 1.43 bits per heavy atom. The average molecular weight is 344 g/mol. The first-order valence-electron chi connectivity index (χ1n) is 7.25. The van der Waals surface area contributed by atoms with Gasteiger partial charge < -0.3 is 20.3 Å². The van der Waals surface area contributed by atoms with Gasteiger partial charge in [-0.1, -0.05) is 6.42 Å². The van der Waals surface area contributed by atoms with E-state index < -0.39 is 0 Å². The maximum Gasteiger partial charge on any atom is 0.224 e. The van der Waals surface area contributed by atoms with E-state index in [1.165, 1.54) is 25.8 Å². The number of hydrogen-bond donors (Lipinski definition) is 1. The van der Waals surface area contributed by atoms with Crippen LogP contribution in [0.4, 0.5) is 0 Å². The number of amides is 1.